The van der Waals surface area contributed by atoms with Gasteiger partial charge in [0.1, 0.15) is 11.6 Å². The number of hydrogen-bond acceptors (Lipinski definition) is 5. The van der Waals surface area contributed by atoms with E-state index < -0.39 is 23.5 Å². The molecular weight excluding hydrogens is 282 g/mol. The van der Waals surface area contributed by atoms with E-state index in [0.29, 0.717) is 24.3 Å². The number of carbonyl (C=O) groups is 2. The Balaban J connectivity index is 2.02. The summed E-state index contributed by atoms with van der Waals surface area (Å²) in [4.78, 5) is 41.5. The lowest BCUT2D eigenvalue weighted by atomic mass is 10.2. The molecule has 1 N–H and O–H groups in total. The molecule has 1 atom stereocenters. The molecule has 1 fully saturated rings. The van der Waals surface area contributed by atoms with Crippen molar-refractivity contribution in [3.8, 4) is 0 Å². The van der Waals surface area contributed by atoms with Gasteiger partial charge in [0.15, 0.2) is 4.96 Å². The second kappa shape index (κ2) is 4.71. The summed E-state index contributed by atoms with van der Waals surface area (Å²) >= 11 is 1.29. The van der Waals surface area contributed by atoms with E-state index in [-0.39, 0.29) is 5.56 Å². The zero-order valence-corrected chi connectivity index (χ0v) is 11.2. The second-order valence-electron chi connectivity index (χ2n) is 4.53. The Morgan fingerprint density at radius 1 is 1.45 bits per heavy atom. The number of aliphatic carboxylic acids is 1. The Morgan fingerprint density at radius 3 is 3.00 bits per heavy atom. The normalized spacial score (nSPS) is 18.6. The van der Waals surface area contributed by atoms with Gasteiger partial charge in [-0.2, -0.15) is 0 Å². The van der Waals surface area contributed by atoms with Crippen molar-refractivity contribution >= 4 is 28.2 Å². The number of likely N-dealkylation sites (tertiary alicyclic amines) is 1. The number of carboxylic acids is 1. The number of rotatable bonds is 2. The molecule has 7 nitrogen and oxygen atoms in total. The van der Waals surface area contributed by atoms with Crippen LogP contribution in [0.5, 0.6) is 0 Å². The van der Waals surface area contributed by atoms with Crippen molar-refractivity contribution < 1.29 is 14.7 Å². The predicted octanol–water partition coefficient (Wildman–Crippen LogP) is 0.445. The van der Waals surface area contributed by atoms with Gasteiger partial charge in [0, 0.05) is 24.3 Å². The van der Waals surface area contributed by atoms with Crippen LogP contribution in [-0.2, 0) is 4.79 Å². The maximum atomic E-state index is 12.4. The molecule has 0 radical (unpaired) electrons. The third-order valence-electron chi connectivity index (χ3n) is 3.37. The van der Waals surface area contributed by atoms with Crippen LogP contribution in [0.4, 0.5) is 0 Å². The van der Waals surface area contributed by atoms with Gasteiger partial charge in [-0.25, -0.2) is 9.78 Å². The highest BCUT2D eigenvalue weighted by Gasteiger charge is 2.35. The first-order valence-electron chi connectivity index (χ1n) is 6.08. The van der Waals surface area contributed by atoms with Gasteiger partial charge in [0.25, 0.3) is 11.5 Å². The number of carboxylic acid groups (broad SMARTS) is 1. The zero-order chi connectivity index (χ0) is 14.3. The molecule has 0 aromatic carbocycles. The Morgan fingerprint density at radius 2 is 2.25 bits per heavy atom. The van der Waals surface area contributed by atoms with Crippen LogP contribution in [0, 0.1) is 0 Å². The fourth-order valence-electron chi connectivity index (χ4n) is 2.39. The molecule has 0 unspecified atom stereocenters. The first kappa shape index (κ1) is 12.8. The minimum atomic E-state index is -1.04. The first-order chi connectivity index (χ1) is 9.59. The van der Waals surface area contributed by atoms with Crippen LogP contribution in [0.3, 0.4) is 0 Å². The highest BCUT2D eigenvalue weighted by Crippen LogP contribution is 2.19. The fraction of sp³-hybridized carbons (Fsp3) is 0.333. The van der Waals surface area contributed by atoms with E-state index in [1.165, 1.54) is 26.8 Å². The summed E-state index contributed by atoms with van der Waals surface area (Å²) in [6.45, 7) is 0.349. The molecule has 2 aromatic rings. The lowest BCUT2D eigenvalue weighted by molar-refractivity contribution is -0.141. The van der Waals surface area contributed by atoms with Crippen molar-refractivity contribution in [1.29, 1.82) is 0 Å². The van der Waals surface area contributed by atoms with Crippen LogP contribution in [0.2, 0.25) is 0 Å². The molecule has 104 valence electrons. The number of aromatic nitrogens is 2. The predicted molar refractivity (Wildman–Crippen MR) is 71.0 cm³/mol. The molecular formula is C12H11N3O4S. The quantitative estimate of drug-likeness (QED) is 0.867. The van der Waals surface area contributed by atoms with Crippen molar-refractivity contribution in [2.75, 3.05) is 6.54 Å². The van der Waals surface area contributed by atoms with Crippen LogP contribution >= 0.6 is 11.3 Å². The van der Waals surface area contributed by atoms with Crippen LogP contribution in [0.1, 0.15) is 23.2 Å². The Bertz CT molecular complexity index is 750. The summed E-state index contributed by atoms with van der Waals surface area (Å²) in [6.07, 6.45) is 3.81. The molecule has 1 amide bonds. The molecule has 2 aromatic heterocycles. The summed E-state index contributed by atoms with van der Waals surface area (Å²) in [5.41, 5.74) is -0.550. The minimum Gasteiger partial charge on any atom is -0.480 e. The lowest BCUT2D eigenvalue weighted by Crippen LogP contribution is -2.42. The van der Waals surface area contributed by atoms with Crippen LogP contribution in [-0.4, -0.2) is 43.9 Å². The number of fused-ring (bicyclic) bond motifs is 1. The van der Waals surface area contributed by atoms with E-state index in [4.69, 9.17) is 5.11 Å². The van der Waals surface area contributed by atoms with Gasteiger partial charge in [-0.05, 0) is 12.8 Å². The van der Waals surface area contributed by atoms with Gasteiger partial charge in [-0.15, -0.1) is 11.3 Å². The maximum absolute atomic E-state index is 12.4. The summed E-state index contributed by atoms with van der Waals surface area (Å²) in [5, 5.41) is 10.8. The van der Waals surface area contributed by atoms with Gasteiger partial charge in [0.2, 0.25) is 0 Å². The third kappa shape index (κ3) is 1.88. The molecule has 3 heterocycles. The van der Waals surface area contributed by atoms with Crippen LogP contribution in [0.25, 0.3) is 4.96 Å². The smallest absolute Gasteiger partial charge is 0.326 e. The van der Waals surface area contributed by atoms with Crippen LogP contribution in [0.15, 0.2) is 22.6 Å². The highest BCUT2D eigenvalue weighted by atomic mass is 32.1. The van der Waals surface area contributed by atoms with Gasteiger partial charge in [-0.1, -0.05) is 0 Å². The van der Waals surface area contributed by atoms with Crippen molar-refractivity contribution in [2.24, 2.45) is 0 Å². The average Bonchev–Trinajstić information content (AvgIpc) is 3.07. The number of nitrogens with zero attached hydrogens (tertiary/aromatic N) is 3. The maximum Gasteiger partial charge on any atom is 0.326 e. The largest absolute Gasteiger partial charge is 0.480 e. The van der Waals surface area contributed by atoms with Gasteiger partial charge in [0.05, 0.1) is 0 Å². The van der Waals surface area contributed by atoms with Gasteiger partial charge < -0.3 is 10.0 Å². The van der Waals surface area contributed by atoms with E-state index in [1.807, 2.05) is 0 Å². The number of hydrogen-bond donors (Lipinski definition) is 1. The second-order valence-corrected chi connectivity index (χ2v) is 5.40. The molecule has 3 rings (SSSR count). The van der Waals surface area contributed by atoms with E-state index >= 15 is 0 Å². The van der Waals surface area contributed by atoms with Crippen molar-refractivity contribution in [1.82, 2.24) is 14.3 Å². The molecule has 1 aliphatic heterocycles. The van der Waals surface area contributed by atoms with Gasteiger partial charge >= 0.3 is 5.97 Å². The van der Waals surface area contributed by atoms with Crippen molar-refractivity contribution in [3.05, 3.63) is 33.7 Å². The molecule has 20 heavy (non-hydrogen) atoms. The third-order valence-corrected chi connectivity index (χ3v) is 4.14. The van der Waals surface area contributed by atoms with E-state index in [0.717, 1.165) is 0 Å². The standard InChI is InChI=1S/C12H11N3O4S/c16-9(14-3-1-2-8(14)11(18)19)7-6-13-12-15(10(7)17)4-5-20-12/h4-6,8H,1-3H2,(H,18,19)/t8-/m1/s1. The average molecular weight is 293 g/mol. The molecule has 0 aliphatic carbocycles. The first-order valence-corrected chi connectivity index (χ1v) is 6.96. The SMILES string of the molecule is O=C(O)[C@H]1CCCN1C(=O)c1cnc2sccn2c1=O. The minimum absolute atomic E-state index is 0.0888. The summed E-state index contributed by atoms with van der Waals surface area (Å²) in [6, 6.07) is -0.856. The van der Waals surface area contributed by atoms with Crippen LogP contribution < -0.4 is 5.56 Å². The summed E-state index contributed by atoms with van der Waals surface area (Å²) in [5.74, 6) is -1.60. The zero-order valence-electron chi connectivity index (χ0n) is 10.4. The molecule has 0 saturated carbocycles. The Labute approximate surface area is 117 Å². The Hall–Kier alpha value is -2.22. The van der Waals surface area contributed by atoms with E-state index in [2.05, 4.69) is 4.98 Å². The lowest BCUT2D eigenvalue weighted by Gasteiger charge is -2.20. The van der Waals surface area contributed by atoms with E-state index in [1.54, 1.807) is 11.6 Å². The highest BCUT2D eigenvalue weighted by molar-refractivity contribution is 7.15. The van der Waals surface area contributed by atoms with Gasteiger partial charge in [-0.3, -0.25) is 14.0 Å². The summed E-state index contributed by atoms with van der Waals surface area (Å²) in [7, 11) is 0. The molecule has 1 saturated heterocycles. The molecule has 0 bridgehead atoms. The summed E-state index contributed by atoms with van der Waals surface area (Å²) < 4.78 is 1.30. The Kier molecular flexibility index (Phi) is 3.01. The number of thiazole rings is 1. The monoisotopic (exact) mass is 293 g/mol. The van der Waals surface area contributed by atoms with E-state index in [9.17, 15) is 14.4 Å². The van der Waals surface area contributed by atoms with Crippen molar-refractivity contribution in [3.63, 3.8) is 0 Å². The fourth-order valence-corrected chi connectivity index (χ4v) is 3.07. The topological polar surface area (TPSA) is 92.0 Å². The number of amides is 1. The molecule has 1 aliphatic rings. The molecule has 8 heteroatoms. The van der Waals surface area contributed by atoms with Crippen molar-refractivity contribution in [2.45, 2.75) is 18.9 Å². The number of carbonyl (C=O) groups excluding carboxylic acids is 1. The molecule has 0 spiro atoms.